The zero-order chi connectivity index (χ0) is 12.6. The lowest BCUT2D eigenvalue weighted by atomic mass is 10.1. The summed E-state index contributed by atoms with van der Waals surface area (Å²) in [6.07, 6.45) is -0.676. The second-order valence-corrected chi connectivity index (χ2v) is 4.03. The highest BCUT2D eigenvalue weighted by molar-refractivity contribution is 6.02. The summed E-state index contributed by atoms with van der Waals surface area (Å²) in [5.74, 6) is -1.14. The highest BCUT2D eigenvalue weighted by atomic mass is 16.5. The number of fused-ring (bicyclic) bond motifs is 1. The van der Waals surface area contributed by atoms with Crippen LogP contribution in [-0.2, 0) is 9.59 Å². The molecule has 0 aromatic heterocycles. The Morgan fingerprint density at radius 2 is 2.24 bits per heavy atom. The van der Waals surface area contributed by atoms with E-state index in [0.29, 0.717) is 11.4 Å². The van der Waals surface area contributed by atoms with Gasteiger partial charge in [0, 0.05) is 0 Å². The summed E-state index contributed by atoms with van der Waals surface area (Å²) in [5, 5.41) is 10.7. The summed E-state index contributed by atoms with van der Waals surface area (Å²) in [7, 11) is 0. The van der Waals surface area contributed by atoms with Gasteiger partial charge in [-0.3, -0.25) is 4.79 Å². The molecule has 90 valence electrons. The van der Waals surface area contributed by atoms with Gasteiger partial charge in [0.1, 0.15) is 5.75 Å². The Bertz CT molecular complexity index is 483. The van der Waals surface area contributed by atoms with Crippen LogP contribution in [0.15, 0.2) is 18.2 Å². The SMILES string of the molecule is Cc1ccc2c(c1)N(CC(=O)[O-])C(=O)[C@H](C)O2. The summed E-state index contributed by atoms with van der Waals surface area (Å²) in [4.78, 5) is 23.7. The van der Waals surface area contributed by atoms with Crippen LogP contribution in [0.3, 0.4) is 0 Å². The van der Waals surface area contributed by atoms with Crippen molar-refractivity contribution < 1.29 is 19.4 Å². The maximum Gasteiger partial charge on any atom is 0.268 e. The molecule has 0 unspecified atom stereocenters. The standard InChI is InChI=1S/C12H13NO4/c1-7-3-4-10-9(5-7)13(6-11(14)15)12(16)8(2)17-10/h3-5,8H,6H2,1-2H3,(H,14,15)/p-1/t8-/m0/s1. The number of anilines is 1. The molecule has 0 fully saturated rings. The van der Waals surface area contributed by atoms with Crippen molar-refractivity contribution in [2.75, 3.05) is 11.4 Å². The van der Waals surface area contributed by atoms with Crippen LogP contribution in [0.4, 0.5) is 5.69 Å². The minimum Gasteiger partial charge on any atom is -0.548 e. The van der Waals surface area contributed by atoms with E-state index >= 15 is 0 Å². The number of nitrogens with zero attached hydrogens (tertiary/aromatic N) is 1. The Balaban J connectivity index is 2.46. The van der Waals surface area contributed by atoms with Crippen LogP contribution in [0.1, 0.15) is 12.5 Å². The minimum absolute atomic E-state index is 0.368. The molecule has 0 aliphatic carbocycles. The number of rotatable bonds is 2. The van der Waals surface area contributed by atoms with Crippen molar-refractivity contribution in [3.05, 3.63) is 23.8 Å². The van der Waals surface area contributed by atoms with E-state index in [-0.39, 0.29) is 5.91 Å². The van der Waals surface area contributed by atoms with Crippen molar-refractivity contribution in [3.8, 4) is 5.75 Å². The molecule has 1 aromatic carbocycles. The summed E-state index contributed by atoms with van der Waals surface area (Å²) in [5.41, 5.74) is 1.41. The summed E-state index contributed by atoms with van der Waals surface area (Å²) in [6.45, 7) is 3.00. The number of carboxylic acids is 1. The largest absolute Gasteiger partial charge is 0.548 e. The van der Waals surface area contributed by atoms with Gasteiger partial charge in [0.05, 0.1) is 18.2 Å². The second-order valence-electron chi connectivity index (χ2n) is 4.03. The molecule has 0 N–H and O–H groups in total. The number of aliphatic carboxylic acids is 1. The van der Waals surface area contributed by atoms with Gasteiger partial charge in [-0.2, -0.15) is 0 Å². The zero-order valence-electron chi connectivity index (χ0n) is 9.60. The summed E-state index contributed by atoms with van der Waals surface area (Å²) in [6, 6.07) is 5.30. The number of carbonyl (C=O) groups excluding carboxylic acids is 2. The summed E-state index contributed by atoms with van der Waals surface area (Å²) < 4.78 is 5.41. The molecule has 0 bridgehead atoms. The fourth-order valence-corrected chi connectivity index (χ4v) is 1.81. The monoisotopic (exact) mass is 234 g/mol. The first kappa shape index (κ1) is 11.4. The average molecular weight is 234 g/mol. The van der Waals surface area contributed by atoms with Crippen molar-refractivity contribution in [2.24, 2.45) is 0 Å². The van der Waals surface area contributed by atoms with Gasteiger partial charge in [0.25, 0.3) is 5.91 Å². The number of aryl methyl sites for hydroxylation is 1. The predicted octanol–water partition coefficient (Wildman–Crippen LogP) is -0.141. The number of hydrogen-bond acceptors (Lipinski definition) is 4. The molecule has 0 radical (unpaired) electrons. The number of hydrogen-bond donors (Lipinski definition) is 0. The normalized spacial score (nSPS) is 18.6. The highest BCUT2D eigenvalue weighted by Crippen LogP contribution is 2.34. The Labute approximate surface area is 98.6 Å². The molecular formula is C12H12NO4-. The quantitative estimate of drug-likeness (QED) is 0.714. The van der Waals surface area contributed by atoms with Gasteiger partial charge < -0.3 is 19.5 Å². The highest BCUT2D eigenvalue weighted by Gasteiger charge is 2.31. The van der Waals surface area contributed by atoms with Gasteiger partial charge in [0.15, 0.2) is 6.10 Å². The molecule has 5 nitrogen and oxygen atoms in total. The smallest absolute Gasteiger partial charge is 0.268 e. The maximum atomic E-state index is 11.8. The average Bonchev–Trinajstić information content (AvgIpc) is 2.25. The molecule has 1 aliphatic heterocycles. The second kappa shape index (κ2) is 4.08. The first-order valence-corrected chi connectivity index (χ1v) is 5.27. The van der Waals surface area contributed by atoms with E-state index in [1.54, 1.807) is 19.1 Å². The van der Waals surface area contributed by atoms with E-state index in [9.17, 15) is 14.7 Å². The molecule has 1 heterocycles. The fraction of sp³-hybridized carbons (Fsp3) is 0.333. The topological polar surface area (TPSA) is 69.7 Å². The number of ether oxygens (including phenoxy) is 1. The van der Waals surface area contributed by atoms with Crippen molar-refractivity contribution in [2.45, 2.75) is 20.0 Å². The van der Waals surface area contributed by atoms with Crippen LogP contribution in [-0.4, -0.2) is 24.5 Å². The first-order chi connectivity index (χ1) is 7.99. The first-order valence-electron chi connectivity index (χ1n) is 5.27. The maximum absolute atomic E-state index is 11.8. The van der Waals surface area contributed by atoms with Crippen LogP contribution >= 0.6 is 0 Å². The third-order valence-electron chi connectivity index (χ3n) is 2.61. The van der Waals surface area contributed by atoms with E-state index < -0.39 is 18.6 Å². The Morgan fingerprint density at radius 1 is 1.53 bits per heavy atom. The van der Waals surface area contributed by atoms with Crippen LogP contribution < -0.4 is 14.7 Å². The summed E-state index contributed by atoms with van der Waals surface area (Å²) >= 11 is 0. The van der Waals surface area contributed by atoms with Crippen molar-refractivity contribution >= 4 is 17.6 Å². The number of carbonyl (C=O) groups is 2. The van der Waals surface area contributed by atoms with Crippen molar-refractivity contribution in [1.82, 2.24) is 0 Å². The molecule has 0 saturated carbocycles. The molecule has 2 rings (SSSR count). The molecule has 5 heteroatoms. The van der Waals surface area contributed by atoms with E-state index in [1.807, 2.05) is 13.0 Å². The van der Waals surface area contributed by atoms with Crippen molar-refractivity contribution in [3.63, 3.8) is 0 Å². The van der Waals surface area contributed by atoms with Gasteiger partial charge in [-0.25, -0.2) is 0 Å². The van der Waals surface area contributed by atoms with E-state index in [1.165, 1.54) is 4.90 Å². The molecule has 0 saturated heterocycles. The third kappa shape index (κ3) is 2.08. The minimum atomic E-state index is -1.29. The number of carboxylic acid groups (broad SMARTS) is 1. The van der Waals surface area contributed by atoms with Gasteiger partial charge in [0.2, 0.25) is 0 Å². The number of amides is 1. The van der Waals surface area contributed by atoms with Crippen molar-refractivity contribution in [1.29, 1.82) is 0 Å². The van der Waals surface area contributed by atoms with E-state index in [2.05, 4.69) is 0 Å². The van der Waals surface area contributed by atoms with Crippen LogP contribution in [0, 0.1) is 6.92 Å². The van der Waals surface area contributed by atoms with E-state index in [0.717, 1.165) is 5.56 Å². The predicted molar refractivity (Wildman–Crippen MR) is 58.6 cm³/mol. The number of benzene rings is 1. The lowest BCUT2D eigenvalue weighted by Gasteiger charge is -2.33. The van der Waals surface area contributed by atoms with Gasteiger partial charge in [-0.05, 0) is 31.5 Å². The molecule has 1 amide bonds. The third-order valence-corrected chi connectivity index (χ3v) is 2.61. The fourth-order valence-electron chi connectivity index (χ4n) is 1.81. The lowest BCUT2D eigenvalue weighted by molar-refractivity contribution is -0.303. The Hall–Kier alpha value is -2.04. The molecular weight excluding hydrogens is 222 g/mol. The van der Waals surface area contributed by atoms with Gasteiger partial charge in [-0.15, -0.1) is 0 Å². The van der Waals surface area contributed by atoms with E-state index in [4.69, 9.17) is 4.74 Å². The zero-order valence-corrected chi connectivity index (χ0v) is 9.60. The molecule has 1 aliphatic rings. The molecule has 1 aromatic rings. The Morgan fingerprint density at radius 3 is 2.88 bits per heavy atom. The van der Waals surface area contributed by atoms with Gasteiger partial charge >= 0.3 is 0 Å². The molecule has 1 atom stereocenters. The molecule has 17 heavy (non-hydrogen) atoms. The van der Waals surface area contributed by atoms with Crippen LogP contribution in [0.2, 0.25) is 0 Å². The Kier molecular flexibility index (Phi) is 2.75. The lowest BCUT2D eigenvalue weighted by Crippen LogP contribution is -2.49. The van der Waals surface area contributed by atoms with Crippen LogP contribution in [0.25, 0.3) is 0 Å². The molecule has 0 spiro atoms. The van der Waals surface area contributed by atoms with Gasteiger partial charge in [-0.1, -0.05) is 6.07 Å². The van der Waals surface area contributed by atoms with Crippen LogP contribution in [0.5, 0.6) is 5.75 Å².